The molecule has 1 aromatic heterocycles. The number of nitrogens with zero attached hydrogens (tertiary/aromatic N) is 2. The molecule has 1 unspecified atom stereocenters. The molecule has 5 rings (SSSR count). The molecule has 3 amide bonds. The summed E-state index contributed by atoms with van der Waals surface area (Å²) in [5.41, 5.74) is 4.15. The van der Waals surface area contributed by atoms with Crippen molar-refractivity contribution < 1.29 is 14.4 Å². The molecule has 3 aromatic rings. The number of hydrogen-bond acceptors (Lipinski definition) is 3. The van der Waals surface area contributed by atoms with Crippen LogP contribution in [0.4, 0.5) is 5.69 Å². The van der Waals surface area contributed by atoms with Crippen molar-refractivity contribution in [3.8, 4) is 0 Å². The molecule has 1 fully saturated rings. The van der Waals surface area contributed by atoms with E-state index in [4.69, 9.17) is 0 Å². The molecular formula is C23H22N4O3. The van der Waals surface area contributed by atoms with Gasteiger partial charge in [-0.25, -0.2) is 0 Å². The monoisotopic (exact) mass is 402 g/mol. The van der Waals surface area contributed by atoms with E-state index in [0.717, 1.165) is 22.0 Å². The molecular weight excluding hydrogens is 380 g/mol. The van der Waals surface area contributed by atoms with Gasteiger partial charge in [0.05, 0.1) is 0 Å². The summed E-state index contributed by atoms with van der Waals surface area (Å²) in [5.74, 6) is -0.288. The predicted octanol–water partition coefficient (Wildman–Crippen LogP) is 2.88. The highest BCUT2D eigenvalue weighted by Gasteiger charge is 2.36. The van der Waals surface area contributed by atoms with Crippen LogP contribution in [0.5, 0.6) is 0 Å². The number of carbonyl (C=O) groups excluding carboxylic acids is 3. The predicted molar refractivity (Wildman–Crippen MR) is 113 cm³/mol. The highest BCUT2D eigenvalue weighted by molar-refractivity contribution is 6.02. The number of likely N-dealkylation sites (tertiary alicyclic amines) is 1. The summed E-state index contributed by atoms with van der Waals surface area (Å²) in [6.45, 7) is 0.965. The molecule has 7 heteroatoms. The lowest BCUT2D eigenvalue weighted by atomic mass is 10.1. The van der Waals surface area contributed by atoms with Gasteiger partial charge in [0.1, 0.15) is 6.04 Å². The van der Waals surface area contributed by atoms with Gasteiger partial charge in [-0.05, 0) is 35.7 Å². The Hall–Kier alpha value is -3.61. The van der Waals surface area contributed by atoms with Crippen LogP contribution in [0.2, 0.25) is 0 Å². The third-order valence-corrected chi connectivity index (χ3v) is 6.01. The van der Waals surface area contributed by atoms with Crippen molar-refractivity contribution in [2.24, 2.45) is 0 Å². The van der Waals surface area contributed by atoms with Crippen molar-refractivity contribution in [1.82, 2.24) is 14.8 Å². The van der Waals surface area contributed by atoms with Crippen LogP contribution in [-0.2, 0) is 22.7 Å². The van der Waals surface area contributed by atoms with Crippen LogP contribution in [0.1, 0.15) is 34.3 Å². The summed E-state index contributed by atoms with van der Waals surface area (Å²) >= 11 is 0. The maximum atomic E-state index is 13.0. The Morgan fingerprint density at radius 2 is 2.03 bits per heavy atom. The molecule has 2 aliphatic heterocycles. The first-order valence-corrected chi connectivity index (χ1v) is 10.0. The zero-order valence-electron chi connectivity index (χ0n) is 16.6. The number of rotatable bonds is 4. The molecule has 0 aliphatic carbocycles. The lowest BCUT2D eigenvalue weighted by Crippen LogP contribution is -2.41. The van der Waals surface area contributed by atoms with E-state index in [9.17, 15) is 14.4 Å². The van der Waals surface area contributed by atoms with Gasteiger partial charge in [-0.3, -0.25) is 14.4 Å². The fourth-order valence-electron chi connectivity index (χ4n) is 4.40. The van der Waals surface area contributed by atoms with E-state index >= 15 is 0 Å². The van der Waals surface area contributed by atoms with E-state index in [2.05, 4.69) is 10.3 Å². The van der Waals surface area contributed by atoms with Crippen LogP contribution >= 0.6 is 0 Å². The minimum Gasteiger partial charge on any atom is -0.361 e. The number of para-hydroxylation sites is 1. The number of nitrogens with one attached hydrogen (secondary N) is 2. The second-order valence-corrected chi connectivity index (χ2v) is 7.96. The van der Waals surface area contributed by atoms with E-state index in [-0.39, 0.29) is 17.7 Å². The van der Waals surface area contributed by atoms with Gasteiger partial charge in [-0.15, -0.1) is 0 Å². The summed E-state index contributed by atoms with van der Waals surface area (Å²) in [7, 11) is 1.76. The van der Waals surface area contributed by atoms with Gasteiger partial charge < -0.3 is 20.1 Å². The molecule has 2 N–H and O–H groups in total. The zero-order chi connectivity index (χ0) is 20.8. The van der Waals surface area contributed by atoms with Gasteiger partial charge in [-0.2, -0.15) is 0 Å². The van der Waals surface area contributed by atoms with Gasteiger partial charge in [0.15, 0.2) is 0 Å². The third-order valence-electron chi connectivity index (χ3n) is 6.01. The average Bonchev–Trinajstić information content (AvgIpc) is 3.40. The van der Waals surface area contributed by atoms with Crippen LogP contribution in [0.15, 0.2) is 48.7 Å². The molecule has 30 heavy (non-hydrogen) atoms. The Balaban J connectivity index is 1.35. The number of carbonyl (C=O) groups is 3. The van der Waals surface area contributed by atoms with Crippen molar-refractivity contribution in [2.75, 3.05) is 12.4 Å². The van der Waals surface area contributed by atoms with E-state index in [0.29, 0.717) is 37.2 Å². The second-order valence-electron chi connectivity index (χ2n) is 7.96. The molecule has 0 bridgehead atoms. The number of aromatic nitrogens is 1. The Bertz CT molecular complexity index is 1180. The first-order chi connectivity index (χ1) is 14.5. The van der Waals surface area contributed by atoms with Gasteiger partial charge in [-0.1, -0.05) is 24.3 Å². The number of hydrogen-bond donors (Lipinski definition) is 2. The maximum Gasteiger partial charge on any atom is 0.254 e. The van der Waals surface area contributed by atoms with Crippen LogP contribution in [0.25, 0.3) is 10.9 Å². The van der Waals surface area contributed by atoms with Crippen molar-refractivity contribution in [3.63, 3.8) is 0 Å². The molecule has 2 aliphatic rings. The number of aromatic amines is 1. The van der Waals surface area contributed by atoms with Gasteiger partial charge in [0, 0.05) is 54.9 Å². The molecule has 2 aromatic carbocycles. The van der Waals surface area contributed by atoms with Crippen molar-refractivity contribution in [2.45, 2.75) is 32.0 Å². The lowest BCUT2D eigenvalue weighted by molar-refractivity contribution is -0.133. The first kappa shape index (κ1) is 18.4. The zero-order valence-corrected chi connectivity index (χ0v) is 16.6. The quantitative estimate of drug-likeness (QED) is 0.704. The third kappa shape index (κ3) is 3.03. The van der Waals surface area contributed by atoms with E-state index < -0.39 is 6.04 Å². The van der Waals surface area contributed by atoms with Crippen LogP contribution in [0.3, 0.4) is 0 Å². The average molecular weight is 402 g/mol. The molecule has 1 saturated heterocycles. The van der Waals surface area contributed by atoms with E-state index in [1.54, 1.807) is 22.9 Å². The molecule has 0 saturated carbocycles. The minimum atomic E-state index is -0.530. The minimum absolute atomic E-state index is 0.0220. The van der Waals surface area contributed by atoms with Crippen molar-refractivity contribution in [1.29, 1.82) is 0 Å². The first-order valence-electron chi connectivity index (χ1n) is 10.0. The maximum absolute atomic E-state index is 13.0. The summed E-state index contributed by atoms with van der Waals surface area (Å²) in [4.78, 5) is 44.3. The van der Waals surface area contributed by atoms with Gasteiger partial charge >= 0.3 is 0 Å². The highest BCUT2D eigenvalue weighted by atomic mass is 16.2. The summed E-state index contributed by atoms with van der Waals surface area (Å²) in [6.07, 6.45) is 2.74. The number of benzene rings is 2. The van der Waals surface area contributed by atoms with Crippen molar-refractivity contribution in [3.05, 3.63) is 65.4 Å². The fraction of sp³-hybridized carbons (Fsp3) is 0.261. The number of amides is 3. The molecule has 152 valence electrons. The fourth-order valence-corrected chi connectivity index (χ4v) is 4.40. The van der Waals surface area contributed by atoms with Crippen LogP contribution in [0, 0.1) is 0 Å². The molecule has 3 heterocycles. The second kappa shape index (κ2) is 7.02. The summed E-state index contributed by atoms with van der Waals surface area (Å²) in [5, 5.41) is 3.96. The highest BCUT2D eigenvalue weighted by Crippen LogP contribution is 2.28. The van der Waals surface area contributed by atoms with Gasteiger partial charge in [0.2, 0.25) is 11.8 Å². The molecule has 1 atom stereocenters. The van der Waals surface area contributed by atoms with E-state index in [1.807, 2.05) is 42.6 Å². The Labute approximate surface area is 173 Å². The van der Waals surface area contributed by atoms with Gasteiger partial charge in [0.25, 0.3) is 5.91 Å². The van der Waals surface area contributed by atoms with Crippen LogP contribution < -0.4 is 5.32 Å². The standard InChI is InChI=1S/C23H22N4O3/c1-26-12-14-6-7-16(10-18(14)23(26)30)25-22(29)20-8-9-21(28)27(20)13-15-11-24-19-5-3-2-4-17(15)19/h2-7,10-11,20,24H,8-9,12-13H2,1H3,(H,25,29). The molecule has 0 radical (unpaired) electrons. The van der Waals surface area contributed by atoms with E-state index in [1.165, 1.54) is 0 Å². The lowest BCUT2D eigenvalue weighted by Gasteiger charge is -2.24. The summed E-state index contributed by atoms with van der Waals surface area (Å²) < 4.78 is 0. The molecule has 7 nitrogen and oxygen atoms in total. The van der Waals surface area contributed by atoms with Crippen LogP contribution in [-0.4, -0.2) is 45.6 Å². The topological polar surface area (TPSA) is 85.5 Å². The van der Waals surface area contributed by atoms with Crippen molar-refractivity contribution >= 4 is 34.3 Å². The smallest absolute Gasteiger partial charge is 0.254 e. The Morgan fingerprint density at radius 1 is 1.20 bits per heavy atom. The Kier molecular flexibility index (Phi) is 4.31. The molecule has 0 spiro atoms. The number of fused-ring (bicyclic) bond motifs is 2. The normalized spacial score (nSPS) is 18.4. The summed E-state index contributed by atoms with van der Waals surface area (Å²) in [6, 6.07) is 12.8. The SMILES string of the molecule is CN1Cc2ccc(NC(=O)C3CCC(=O)N3Cc3c[nH]c4ccccc34)cc2C1=O. The largest absolute Gasteiger partial charge is 0.361 e. The Morgan fingerprint density at radius 3 is 2.90 bits per heavy atom. The number of anilines is 1. The number of H-pyrrole nitrogens is 1.